The van der Waals surface area contributed by atoms with Crippen molar-refractivity contribution >= 4 is 23.5 Å². The number of fused-ring (bicyclic) bond motifs is 1. The Morgan fingerprint density at radius 1 is 1.11 bits per heavy atom. The lowest BCUT2D eigenvalue weighted by Crippen LogP contribution is -2.79. The van der Waals surface area contributed by atoms with E-state index in [0.29, 0.717) is 23.6 Å². The molecule has 2 atom stereocenters. The van der Waals surface area contributed by atoms with Crippen molar-refractivity contribution in [2.75, 3.05) is 37.0 Å². The number of hydroxylamine groups is 1. The van der Waals surface area contributed by atoms with Gasteiger partial charge in [-0.15, -0.1) is 0 Å². The first kappa shape index (κ1) is 17.2. The van der Waals surface area contributed by atoms with Crippen LogP contribution >= 0.6 is 0 Å². The molecule has 0 saturated carbocycles. The number of anilines is 2. The maximum atomic E-state index is 12.2. The zero-order chi connectivity index (χ0) is 19.1. The molecule has 27 heavy (non-hydrogen) atoms. The largest absolute Gasteiger partial charge is 0.362 e. The van der Waals surface area contributed by atoms with Crippen LogP contribution in [-0.2, 0) is 0 Å². The van der Waals surface area contributed by atoms with Crippen LogP contribution in [0.25, 0.3) is 0 Å². The Labute approximate surface area is 156 Å². The van der Waals surface area contributed by atoms with E-state index in [0.717, 1.165) is 18.8 Å². The number of piperazine rings is 1. The van der Waals surface area contributed by atoms with Gasteiger partial charge in [-0.1, -0.05) is 6.07 Å². The molecule has 9 nitrogen and oxygen atoms in total. The highest BCUT2D eigenvalue weighted by atomic mass is 16.5. The van der Waals surface area contributed by atoms with Crippen LogP contribution in [-0.4, -0.2) is 71.2 Å². The number of aromatic nitrogens is 2. The topological polar surface area (TPSA) is 102 Å². The number of benzene rings is 1. The fraction of sp³-hybridized carbons (Fsp3) is 0.333. The van der Waals surface area contributed by atoms with Crippen LogP contribution in [0.3, 0.4) is 0 Å². The molecule has 0 bridgehead atoms. The summed E-state index contributed by atoms with van der Waals surface area (Å²) in [7, 11) is 3.49. The minimum Gasteiger partial charge on any atom is -0.362 e. The fourth-order valence-corrected chi connectivity index (χ4v) is 3.51. The standard InChI is InChI=1S/C18H20N6O3/c1-22(2)17(26)11-4-3-5-13(6-11)23-9-15-14(23)10-24(15)18-19-7-12(8-20-18)16(25)21-27/h3-8,14-15,27H,9-10H2,1-2H3,(H,21,25)/t14?,15-/m1/s1. The number of nitrogens with zero attached hydrogens (tertiary/aromatic N) is 5. The van der Waals surface area contributed by atoms with E-state index in [1.54, 1.807) is 24.5 Å². The normalized spacial score (nSPS) is 20.3. The summed E-state index contributed by atoms with van der Waals surface area (Å²) in [6.07, 6.45) is 2.79. The molecule has 2 aromatic rings. The van der Waals surface area contributed by atoms with Crippen LogP contribution in [0.4, 0.5) is 11.6 Å². The van der Waals surface area contributed by atoms with Gasteiger partial charge in [0.15, 0.2) is 0 Å². The van der Waals surface area contributed by atoms with Gasteiger partial charge in [-0.05, 0) is 18.2 Å². The monoisotopic (exact) mass is 368 g/mol. The number of hydrogen-bond donors (Lipinski definition) is 2. The second kappa shape index (κ2) is 6.51. The lowest BCUT2D eigenvalue weighted by Gasteiger charge is -2.62. The van der Waals surface area contributed by atoms with Crippen LogP contribution in [0.2, 0.25) is 0 Å². The van der Waals surface area contributed by atoms with E-state index in [-0.39, 0.29) is 11.5 Å². The molecule has 0 aliphatic carbocycles. The Hall–Kier alpha value is -3.20. The van der Waals surface area contributed by atoms with E-state index >= 15 is 0 Å². The smallest absolute Gasteiger partial charge is 0.277 e. The lowest BCUT2D eigenvalue weighted by atomic mass is 9.85. The second-order valence-electron chi connectivity index (χ2n) is 6.90. The third-order valence-electron chi connectivity index (χ3n) is 5.10. The quantitative estimate of drug-likeness (QED) is 0.594. The zero-order valence-corrected chi connectivity index (χ0v) is 15.0. The minimum atomic E-state index is -0.634. The van der Waals surface area contributed by atoms with Crippen molar-refractivity contribution in [3.63, 3.8) is 0 Å². The summed E-state index contributed by atoms with van der Waals surface area (Å²) < 4.78 is 0. The Morgan fingerprint density at radius 2 is 1.78 bits per heavy atom. The summed E-state index contributed by atoms with van der Waals surface area (Å²) in [5.74, 6) is -0.0727. The third-order valence-corrected chi connectivity index (χ3v) is 5.10. The van der Waals surface area contributed by atoms with E-state index in [9.17, 15) is 9.59 Å². The molecule has 2 N–H and O–H groups in total. The number of carbonyl (C=O) groups is 2. The summed E-state index contributed by atoms with van der Waals surface area (Å²) in [6.45, 7) is 1.61. The van der Waals surface area contributed by atoms with Crippen LogP contribution in [0.5, 0.6) is 0 Å². The van der Waals surface area contributed by atoms with Crippen LogP contribution in [0.1, 0.15) is 20.7 Å². The Morgan fingerprint density at radius 3 is 2.37 bits per heavy atom. The van der Waals surface area contributed by atoms with Gasteiger partial charge in [0.2, 0.25) is 5.95 Å². The first-order valence-corrected chi connectivity index (χ1v) is 8.61. The van der Waals surface area contributed by atoms with Gasteiger partial charge in [-0.2, -0.15) is 0 Å². The molecule has 0 spiro atoms. The molecule has 1 aromatic heterocycles. The SMILES string of the molecule is CN(C)C(=O)c1cccc(N2C[C@@H]3C2CN3c2ncc(C(=O)NO)cn2)c1. The maximum Gasteiger partial charge on any atom is 0.277 e. The lowest BCUT2D eigenvalue weighted by molar-refractivity contribution is 0.0705. The van der Waals surface area contributed by atoms with E-state index < -0.39 is 5.91 Å². The summed E-state index contributed by atoms with van der Waals surface area (Å²) in [4.78, 5) is 37.9. The van der Waals surface area contributed by atoms with Crippen LogP contribution in [0, 0.1) is 0 Å². The van der Waals surface area contributed by atoms with Crippen LogP contribution in [0.15, 0.2) is 36.7 Å². The van der Waals surface area contributed by atoms with Gasteiger partial charge in [0.1, 0.15) is 0 Å². The molecular formula is C18H20N6O3. The molecule has 2 aliphatic heterocycles. The second-order valence-corrected chi connectivity index (χ2v) is 6.90. The van der Waals surface area contributed by atoms with Gasteiger partial charge in [-0.25, -0.2) is 15.4 Å². The van der Waals surface area contributed by atoms with Gasteiger partial charge >= 0.3 is 0 Å². The fourth-order valence-electron chi connectivity index (χ4n) is 3.51. The Bertz CT molecular complexity index is 885. The average molecular weight is 368 g/mol. The highest BCUT2D eigenvalue weighted by molar-refractivity contribution is 5.95. The predicted molar refractivity (Wildman–Crippen MR) is 98.0 cm³/mol. The summed E-state index contributed by atoms with van der Waals surface area (Å²) in [5, 5.41) is 8.64. The van der Waals surface area contributed by atoms with Crippen molar-refractivity contribution in [2.45, 2.75) is 12.1 Å². The number of nitrogens with one attached hydrogen (secondary N) is 1. The van der Waals surface area contributed by atoms with Crippen molar-refractivity contribution in [1.29, 1.82) is 0 Å². The van der Waals surface area contributed by atoms with Gasteiger partial charge in [-0.3, -0.25) is 14.8 Å². The molecule has 140 valence electrons. The molecule has 9 heteroatoms. The Balaban J connectivity index is 1.42. The van der Waals surface area contributed by atoms with E-state index in [2.05, 4.69) is 19.8 Å². The van der Waals surface area contributed by atoms with Crippen molar-refractivity contribution in [2.24, 2.45) is 0 Å². The molecule has 0 radical (unpaired) electrons. The summed E-state index contributed by atoms with van der Waals surface area (Å²) in [6, 6.07) is 8.36. The van der Waals surface area contributed by atoms with Gasteiger partial charge in [0, 0.05) is 50.8 Å². The van der Waals surface area contributed by atoms with Crippen molar-refractivity contribution in [3.8, 4) is 0 Å². The molecule has 2 amide bonds. The third kappa shape index (κ3) is 2.85. The van der Waals surface area contributed by atoms with Crippen molar-refractivity contribution in [3.05, 3.63) is 47.8 Å². The molecule has 1 aromatic carbocycles. The van der Waals surface area contributed by atoms with Crippen LogP contribution < -0.4 is 15.3 Å². The number of amides is 2. The van der Waals surface area contributed by atoms with E-state index in [1.807, 2.05) is 24.3 Å². The molecular weight excluding hydrogens is 348 g/mol. The molecule has 3 heterocycles. The number of hydrogen-bond acceptors (Lipinski definition) is 7. The van der Waals surface area contributed by atoms with Crippen molar-refractivity contribution in [1.82, 2.24) is 20.3 Å². The summed E-state index contributed by atoms with van der Waals surface area (Å²) in [5.41, 5.74) is 3.49. The van der Waals surface area contributed by atoms with Gasteiger partial charge in [0.05, 0.1) is 17.6 Å². The highest BCUT2D eigenvalue weighted by Crippen LogP contribution is 2.39. The molecule has 2 saturated heterocycles. The highest BCUT2D eigenvalue weighted by Gasteiger charge is 2.52. The van der Waals surface area contributed by atoms with Gasteiger partial charge in [0.25, 0.3) is 11.8 Å². The number of carbonyl (C=O) groups excluding carboxylic acids is 2. The van der Waals surface area contributed by atoms with Crippen molar-refractivity contribution < 1.29 is 14.8 Å². The van der Waals surface area contributed by atoms with E-state index in [1.165, 1.54) is 12.4 Å². The minimum absolute atomic E-state index is 0.00966. The molecule has 1 unspecified atom stereocenters. The predicted octanol–water partition coefficient (Wildman–Crippen LogP) is 0.375. The summed E-state index contributed by atoms with van der Waals surface area (Å²) >= 11 is 0. The number of rotatable bonds is 4. The average Bonchev–Trinajstić information content (AvgIpc) is 2.68. The van der Waals surface area contributed by atoms with Gasteiger partial charge < -0.3 is 14.7 Å². The van der Waals surface area contributed by atoms with E-state index in [4.69, 9.17) is 5.21 Å². The molecule has 2 aliphatic rings. The molecule has 4 rings (SSSR count). The molecule has 2 fully saturated rings. The first-order chi connectivity index (χ1) is 13.0. The zero-order valence-electron chi connectivity index (χ0n) is 15.0. The first-order valence-electron chi connectivity index (χ1n) is 8.61. The Kier molecular flexibility index (Phi) is 4.15. The maximum absolute atomic E-state index is 12.2.